The molecule has 0 saturated heterocycles. The molecule has 1 aromatic heterocycles. The number of aryl methyl sites for hydroxylation is 2. The maximum atomic E-state index is 14.5. The predicted molar refractivity (Wildman–Crippen MR) is 76.8 cm³/mol. The molecule has 2 rings (SSSR count). The van der Waals surface area contributed by atoms with Crippen molar-refractivity contribution in [3.05, 3.63) is 47.8 Å². The van der Waals surface area contributed by atoms with Crippen LogP contribution in [0.1, 0.15) is 24.0 Å². The fourth-order valence-electron chi connectivity index (χ4n) is 2.29. The van der Waals surface area contributed by atoms with Crippen molar-refractivity contribution in [1.82, 2.24) is 4.57 Å². The summed E-state index contributed by atoms with van der Waals surface area (Å²) in [5.74, 6) is -4.46. The van der Waals surface area contributed by atoms with E-state index in [4.69, 9.17) is 0 Å². The quantitative estimate of drug-likeness (QED) is 0.463. The lowest BCUT2D eigenvalue weighted by atomic mass is 9.63. The number of hydrogen-bond donors (Lipinski definition) is 0. The third-order valence-electron chi connectivity index (χ3n) is 3.87. The summed E-state index contributed by atoms with van der Waals surface area (Å²) in [5.41, 5.74) is -0.389. The smallest absolute Gasteiger partial charge is 0.280 e. The van der Waals surface area contributed by atoms with Gasteiger partial charge in [0.05, 0.1) is 25.5 Å². The molecule has 1 unspecified atom stereocenters. The van der Waals surface area contributed by atoms with Crippen LogP contribution in [0, 0.1) is 0 Å². The number of alkyl halides is 5. The molecule has 0 aliphatic carbocycles. The van der Waals surface area contributed by atoms with Crippen LogP contribution in [0.3, 0.4) is 0 Å². The van der Waals surface area contributed by atoms with E-state index in [1.807, 2.05) is 0 Å². The summed E-state index contributed by atoms with van der Waals surface area (Å²) in [6.07, 6.45) is -1.19. The average Bonchev–Trinajstić information content (AvgIpc) is 2.77. The first kappa shape index (κ1) is 17.5. The Morgan fingerprint density at radius 1 is 1.09 bits per heavy atom. The highest BCUT2D eigenvalue weighted by Crippen LogP contribution is 2.34. The Hall–Kier alpha value is -1.86. The molecule has 0 bridgehead atoms. The van der Waals surface area contributed by atoms with E-state index in [1.165, 1.54) is 6.92 Å². The van der Waals surface area contributed by atoms with Crippen molar-refractivity contribution in [3.63, 3.8) is 0 Å². The van der Waals surface area contributed by atoms with E-state index >= 15 is 0 Å². The van der Waals surface area contributed by atoms with E-state index in [9.17, 15) is 22.0 Å². The minimum Gasteiger partial charge on any atom is -0.280 e. The molecule has 0 fully saturated rings. The number of nitrogens with zero attached hydrogens (tertiary/aromatic N) is 2. The van der Waals surface area contributed by atoms with Crippen molar-refractivity contribution in [1.29, 1.82) is 0 Å². The van der Waals surface area contributed by atoms with Crippen LogP contribution in [0.15, 0.2) is 36.7 Å². The molecule has 23 heavy (non-hydrogen) atoms. The largest absolute Gasteiger partial charge is 0.416 e. The van der Waals surface area contributed by atoms with E-state index in [0.29, 0.717) is 5.72 Å². The summed E-state index contributed by atoms with van der Waals surface area (Å²) in [7, 11) is 4.12. The summed E-state index contributed by atoms with van der Waals surface area (Å²) >= 11 is 0. The molecule has 124 valence electrons. The van der Waals surface area contributed by atoms with Gasteiger partial charge < -0.3 is 0 Å². The first-order valence-corrected chi connectivity index (χ1v) is 6.94. The molecule has 0 aliphatic rings. The Morgan fingerprint density at radius 3 is 2.09 bits per heavy atom. The van der Waals surface area contributed by atoms with Crippen molar-refractivity contribution >= 4 is 13.0 Å². The molecule has 0 spiro atoms. The third-order valence-corrected chi connectivity index (χ3v) is 3.87. The number of aromatic nitrogens is 2. The second-order valence-corrected chi connectivity index (χ2v) is 5.54. The van der Waals surface area contributed by atoms with E-state index in [0.717, 1.165) is 31.5 Å². The molecule has 1 heterocycles. The highest BCUT2D eigenvalue weighted by molar-refractivity contribution is 6.53. The summed E-state index contributed by atoms with van der Waals surface area (Å²) in [5, 5.41) is 0. The molecular formula is C15H16BF5N2. The van der Waals surface area contributed by atoms with Crippen LogP contribution in [-0.2, 0) is 20.3 Å². The van der Waals surface area contributed by atoms with Crippen LogP contribution in [0.5, 0.6) is 0 Å². The molecule has 2 radical (unpaired) electrons. The first-order chi connectivity index (χ1) is 10.5. The Kier molecular flexibility index (Phi) is 4.55. The molecule has 0 saturated carbocycles. The lowest BCUT2D eigenvalue weighted by Crippen LogP contribution is -2.55. The van der Waals surface area contributed by atoms with Gasteiger partial charge >= 0.3 is 6.18 Å². The van der Waals surface area contributed by atoms with Gasteiger partial charge in [0, 0.05) is 11.6 Å². The monoisotopic (exact) mass is 330 g/mol. The minimum absolute atomic E-state index is 0.149. The van der Waals surface area contributed by atoms with Gasteiger partial charge in [-0.2, -0.15) is 13.2 Å². The van der Waals surface area contributed by atoms with Gasteiger partial charge in [0.15, 0.2) is 0 Å². The lowest BCUT2D eigenvalue weighted by Gasteiger charge is -2.33. The van der Waals surface area contributed by atoms with Crippen LogP contribution >= 0.6 is 0 Å². The van der Waals surface area contributed by atoms with Gasteiger partial charge in [-0.15, -0.1) is 0 Å². The zero-order valence-electron chi connectivity index (χ0n) is 12.9. The van der Waals surface area contributed by atoms with E-state index in [2.05, 4.69) is 0 Å². The third kappa shape index (κ3) is 3.73. The van der Waals surface area contributed by atoms with Gasteiger partial charge in [0.1, 0.15) is 12.4 Å². The molecule has 1 aromatic carbocycles. The molecular weight excluding hydrogens is 314 g/mol. The Balaban J connectivity index is 2.22. The topological polar surface area (TPSA) is 8.81 Å². The molecule has 2 nitrogen and oxygen atoms in total. The van der Waals surface area contributed by atoms with E-state index in [-0.39, 0.29) is 5.56 Å². The van der Waals surface area contributed by atoms with Gasteiger partial charge in [-0.1, -0.05) is 26.3 Å². The zero-order chi connectivity index (χ0) is 17.4. The first-order valence-electron chi connectivity index (χ1n) is 6.94. The van der Waals surface area contributed by atoms with Gasteiger partial charge in [0.2, 0.25) is 0 Å². The van der Waals surface area contributed by atoms with Gasteiger partial charge in [0.25, 0.3) is 0 Å². The van der Waals surface area contributed by atoms with Crippen LogP contribution in [-0.4, -0.2) is 17.7 Å². The van der Waals surface area contributed by atoms with Crippen LogP contribution < -0.4 is 10.3 Å². The predicted octanol–water partition coefficient (Wildman–Crippen LogP) is 2.59. The number of halogens is 5. The summed E-state index contributed by atoms with van der Waals surface area (Å²) in [6.45, 7) is 1.29. The second kappa shape index (κ2) is 5.98. The number of imidazole rings is 1. The molecule has 0 amide bonds. The maximum Gasteiger partial charge on any atom is 0.416 e. The van der Waals surface area contributed by atoms with Crippen LogP contribution in [0.2, 0.25) is 0 Å². The molecule has 1 atom stereocenters. The fraction of sp³-hybridized carbons (Fsp3) is 0.400. The van der Waals surface area contributed by atoms with E-state index < -0.39 is 23.5 Å². The van der Waals surface area contributed by atoms with Crippen molar-refractivity contribution < 1.29 is 26.5 Å². The maximum absolute atomic E-state index is 14.5. The summed E-state index contributed by atoms with van der Waals surface area (Å²) in [4.78, 5) is 0. The number of hydrogen-bond acceptors (Lipinski definition) is 0. The highest BCUT2D eigenvalue weighted by Gasteiger charge is 2.32. The van der Waals surface area contributed by atoms with Crippen LogP contribution in [0.4, 0.5) is 22.0 Å². The summed E-state index contributed by atoms with van der Waals surface area (Å²) in [6, 6.07) is 3.84. The molecule has 0 aliphatic heterocycles. The Bertz CT molecular complexity index is 657. The second-order valence-electron chi connectivity index (χ2n) is 5.54. The number of benzene rings is 1. The lowest BCUT2D eigenvalue weighted by molar-refractivity contribution is -0.653. The van der Waals surface area contributed by atoms with Gasteiger partial charge in [-0.05, 0) is 17.7 Å². The van der Waals surface area contributed by atoms with E-state index in [1.54, 1.807) is 35.6 Å². The highest BCUT2D eigenvalue weighted by atomic mass is 19.4. The van der Waals surface area contributed by atoms with Gasteiger partial charge in [-0.25, -0.2) is 0 Å². The van der Waals surface area contributed by atoms with Crippen molar-refractivity contribution in [2.75, 3.05) is 0 Å². The average molecular weight is 330 g/mol. The minimum atomic E-state index is -4.48. The standard InChI is InChI=1S/C15H16BF5N2/c1-10(11-4-6-12(7-5-11)15(19,20)21)14(17,18)16-13-22(2)8-9-23(13)3/h4-10H,1-3H3. The molecule has 8 heteroatoms. The summed E-state index contributed by atoms with van der Waals surface area (Å²) < 4.78 is 69.6. The van der Waals surface area contributed by atoms with Crippen molar-refractivity contribution in [3.8, 4) is 0 Å². The van der Waals surface area contributed by atoms with Crippen molar-refractivity contribution in [2.45, 2.75) is 24.8 Å². The van der Waals surface area contributed by atoms with Crippen molar-refractivity contribution in [2.24, 2.45) is 14.1 Å². The molecule has 0 N–H and O–H groups in total. The Labute approximate surface area is 131 Å². The number of rotatable bonds is 4. The van der Waals surface area contributed by atoms with Gasteiger partial charge in [-0.3, -0.25) is 17.9 Å². The zero-order valence-corrected chi connectivity index (χ0v) is 12.9. The van der Waals surface area contributed by atoms with Crippen LogP contribution in [0.25, 0.3) is 0 Å². The fourth-order valence-corrected chi connectivity index (χ4v) is 2.29. The Morgan fingerprint density at radius 2 is 1.65 bits per heavy atom. The SMILES string of the molecule is CC(c1ccc(C(F)(F)F)cc1)C(F)(F)[B-]c1n(C)cc[n+]1C. The normalized spacial score (nSPS) is 14.1. The molecule has 2 aromatic rings.